The number of carbonyl (C=O) groups excluding carboxylic acids is 2. The summed E-state index contributed by atoms with van der Waals surface area (Å²) in [5.74, 6) is 0.0586. The molecule has 2 amide bonds. The largest absolute Gasteiger partial charge is 0.444 e. The third-order valence-electron chi connectivity index (χ3n) is 4.32. The number of amides is 2. The first-order chi connectivity index (χ1) is 10.8. The van der Waals surface area contributed by atoms with Gasteiger partial charge in [-0.1, -0.05) is 0 Å². The van der Waals surface area contributed by atoms with E-state index in [1.54, 1.807) is 4.90 Å². The minimum Gasteiger partial charge on any atom is -0.444 e. The summed E-state index contributed by atoms with van der Waals surface area (Å²) in [5, 5.41) is 0. The molecule has 6 heteroatoms. The molecule has 23 heavy (non-hydrogen) atoms. The topological polar surface area (TPSA) is 59.1 Å². The average molecular weight is 326 g/mol. The number of likely N-dealkylation sites (tertiary alicyclic amines) is 2. The zero-order valence-corrected chi connectivity index (χ0v) is 14.8. The van der Waals surface area contributed by atoms with Gasteiger partial charge in [-0.15, -0.1) is 0 Å². The normalized spacial score (nSPS) is 23.2. The Bertz CT molecular complexity index is 425. The second kappa shape index (κ2) is 7.51. The van der Waals surface area contributed by atoms with Gasteiger partial charge in [0.05, 0.1) is 6.10 Å². The van der Waals surface area contributed by atoms with Gasteiger partial charge in [0, 0.05) is 26.2 Å². The van der Waals surface area contributed by atoms with Crippen LogP contribution in [0, 0.1) is 0 Å². The molecule has 2 saturated heterocycles. The van der Waals surface area contributed by atoms with E-state index in [0.29, 0.717) is 26.2 Å². The molecule has 0 aliphatic carbocycles. The minimum absolute atomic E-state index is 0.0586. The summed E-state index contributed by atoms with van der Waals surface area (Å²) in [7, 11) is 0. The highest BCUT2D eigenvalue weighted by molar-refractivity contribution is 5.86. The van der Waals surface area contributed by atoms with E-state index in [9.17, 15) is 9.59 Å². The van der Waals surface area contributed by atoms with E-state index in [1.807, 2.05) is 32.6 Å². The summed E-state index contributed by atoms with van der Waals surface area (Å²) in [5.41, 5.74) is -0.539. The van der Waals surface area contributed by atoms with Crippen LogP contribution in [0.4, 0.5) is 4.79 Å². The van der Waals surface area contributed by atoms with Crippen molar-refractivity contribution >= 4 is 12.0 Å². The molecule has 2 aliphatic heterocycles. The lowest BCUT2D eigenvalue weighted by Crippen LogP contribution is -2.51. The van der Waals surface area contributed by atoms with Gasteiger partial charge in [0.1, 0.15) is 11.6 Å². The van der Waals surface area contributed by atoms with Crippen LogP contribution in [-0.2, 0) is 14.3 Å². The van der Waals surface area contributed by atoms with Gasteiger partial charge in [0.15, 0.2) is 0 Å². The Balaban J connectivity index is 1.92. The molecule has 6 nitrogen and oxygen atoms in total. The maximum Gasteiger partial charge on any atom is 0.410 e. The number of carbonyl (C=O) groups is 2. The number of hydrogen-bond acceptors (Lipinski definition) is 4. The maximum atomic E-state index is 12.8. The molecule has 0 aromatic heterocycles. The fraction of sp³-hybridized carbons (Fsp3) is 0.882. The lowest BCUT2D eigenvalue weighted by Gasteiger charge is -2.35. The number of ether oxygens (including phenoxy) is 2. The Morgan fingerprint density at radius 3 is 2.30 bits per heavy atom. The van der Waals surface area contributed by atoms with E-state index >= 15 is 0 Å². The highest BCUT2D eigenvalue weighted by Gasteiger charge is 2.39. The van der Waals surface area contributed by atoms with Crippen molar-refractivity contribution < 1.29 is 19.1 Å². The first-order valence-electron chi connectivity index (χ1n) is 8.72. The maximum absolute atomic E-state index is 12.8. The summed E-state index contributed by atoms with van der Waals surface area (Å²) in [4.78, 5) is 28.6. The monoisotopic (exact) mass is 326 g/mol. The second-order valence-corrected chi connectivity index (χ2v) is 7.31. The minimum atomic E-state index is -0.539. The van der Waals surface area contributed by atoms with Crippen LogP contribution in [0.5, 0.6) is 0 Å². The van der Waals surface area contributed by atoms with Crippen molar-refractivity contribution in [2.45, 2.75) is 71.1 Å². The Kier molecular flexibility index (Phi) is 5.89. The van der Waals surface area contributed by atoms with Crippen molar-refractivity contribution in [1.82, 2.24) is 9.80 Å². The second-order valence-electron chi connectivity index (χ2n) is 7.31. The van der Waals surface area contributed by atoms with Gasteiger partial charge in [0.2, 0.25) is 5.91 Å². The Labute approximate surface area is 139 Å². The van der Waals surface area contributed by atoms with Crippen molar-refractivity contribution in [2.24, 2.45) is 0 Å². The van der Waals surface area contributed by atoms with Crippen LogP contribution < -0.4 is 0 Å². The Hall–Kier alpha value is -1.30. The van der Waals surface area contributed by atoms with E-state index in [2.05, 4.69) is 0 Å². The quantitative estimate of drug-likeness (QED) is 0.799. The number of rotatable bonds is 3. The number of piperidine rings is 1. The lowest BCUT2D eigenvalue weighted by molar-refractivity contribution is -0.138. The molecule has 2 fully saturated rings. The third kappa shape index (κ3) is 4.83. The van der Waals surface area contributed by atoms with Crippen LogP contribution in [0.3, 0.4) is 0 Å². The van der Waals surface area contributed by atoms with E-state index in [-0.39, 0.29) is 24.1 Å². The van der Waals surface area contributed by atoms with Gasteiger partial charge in [-0.2, -0.15) is 0 Å². The predicted molar refractivity (Wildman–Crippen MR) is 87.2 cm³/mol. The molecular weight excluding hydrogens is 296 g/mol. The molecule has 2 aliphatic rings. The van der Waals surface area contributed by atoms with Crippen LogP contribution in [0.2, 0.25) is 0 Å². The van der Waals surface area contributed by atoms with Crippen molar-refractivity contribution in [1.29, 1.82) is 0 Å². The standard InChI is InChI=1S/C17H30N2O4/c1-5-22-13-8-11-18(12-9-13)15(20)14-7-6-10-19(14)16(21)23-17(2,3)4/h13-14H,5-12H2,1-4H3. The van der Waals surface area contributed by atoms with E-state index in [1.165, 1.54) is 0 Å². The van der Waals surface area contributed by atoms with E-state index in [0.717, 1.165) is 25.7 Å². The zero-order valence-electron chi connectivity index (χ0n) is 14.8. The molecule has 0 bridgehead atoms. The summed E-state index contributed by atoms with van der Waals surface area (Å²) in [6.45, 7) is 10.3. The van der Waals surface area contributed by atoms with Crippen molar-refractivity contribution in [3.8, 4) is 0 Å². The average Bonchev–Trinajstić information content (AvgIpc) is 2.95. The lowest BCUT2D eigenvalue weighted by atomic mass is 10.1. The molecule has 0 aromatic carbocycles. The van der Waals surface area contributed by atoms with Crippen molar-refractivity contribution in [3.63, 3.8) is 0 Å². The third-order valence-corrected chi connectivity index (χ3v) is 4.32. The molecule has 1 unspecified atom stereocenters. The SMILES string of the molecule is CCOC1CCN(C(=O)C2CCCN2C(=O)OC(C)(C)C)CC1. The molecule has 0 N–H and O–H groups in total. The van der Waals surface area contributed by atoms with Crippen LogP contribution >= 0.6 is 0 Å². The van der Waals surface area contributed by atoms with Gasteiger partial charge >= 0.3 is 6.09 Å². The number of nitrogens with zero attached hydrogens (tertiary/aromatic N) is 2. The van der Waals surface area contributed by atoms with Crippen molar-refractivity contribution in [2.75, 3.05) is 26.2 Å². The van der Waals surface area contributed by atoms with Gasteiger partial charge < -0.3 is 14.4 Å². The van der Waals surface area contributed by atoms with Crippen LogP contribution in [0.1, 0.15) is 53.4 Å². The summed E-state index contributed by atoms with van der Waals surface area (Å²) in [6, 6.07) is -0.367. The summed E-state index contributed by atoms with van der Waals surface area (Å²) in [6.07, 6.45) is 3.21. The first kappa shape index (κ1) is 18.0. The molecule has 0 saturated carbocycles. The molecule has 0 radical (unpaired) electrons. The number of hydrogen-bond donors (Lipinski definition) is 0. The highest BCUT2D eigenvalue weighted by Crippen LogP contribution is 2.24. The smallest absolute Gasteiger partial charge is 0.410 e. The van der Waals surface area contributed by atoms with Gasteiger partial charge in [-0.3, -0.25) is 9.69 Å². The van der Waals surface area contributed by atoms with E-state index in [4.69, 9.17) is 9.47 Å². The zero-order chi connectivity index (χ0) is 17.0. The predicted octanol–water partition coefficient (Wildman–Crippen LogP) is 2.41. The molecule has 1 atom stereocenters. The highest BCUT2D eigenvalue weighted by atomic mass is 16.6. The van der Waals surface area contributed by atoms with E-state index < -0.39 is 5.60 Å². The summed E-state index contributed by atoms with van der Waals surface area (Å²) >= 11 is 0. The summed E-state index contributed by atoms with van der Waals surface area (Å²) < 4.78 is 11.1. The van der Waals surface area contributed by atoms with Gasteiger partial charge in [-0.25, -0.2) is 4.79 Å². The molecule has 0 spiro atoms. The fourth-order valence-electron chi connectivity index (χ4n) is 3.25. The molecule has 0 aromatic rings. The molecular formula is C17H30N2O4. The van der Waals surface area contributed by atoms with Crippen LogP contribution in [-0.4, -0.2) is 65.8 Å². The van der Waals surface area contributed by atoms with Crippen LogP contribution in [0.15, 0.2) is 0 Å². The molecule has 132 valence electrons. The Morgan fingerprint density at radius 2 is 1.74 bits per heavy atom. The Morgan fingerprint density at radius 1 is 1.09 bits per heavy atom. The molecule has 2 heterocycles. The fourth-order valence-corrected chi connectivity index (χ4v) is 3.25. The van der Waals surface area contributed by atoms with Gasteiger partial charge in [-0.05, 0) is 53.4 Å². The first-order valence-corrected chi connectivity index (χ1v) is 8.72. The van der Waals surface area contributed by atoms with Gasteiger partial charge in [0.25, 0.3) is 0 Å². The van der Waals surface area contributed by atoms with Crippen molar-refractivity contribution in [3.05, 3.63) is 0 Å². The van der Waals surface area contributed by atoms with Crippen LogP contribution in [0.25, 0.3) is 0 Å². The molecule has 2 rings (SSSR count).